The maximum absolute atomic E-state index is 13.5. The van der Waals surface area contributed by atoms with Crippen LogP contribution in [-0.4, -0.2) is 25.0 Å². The Labute approximate surface area is 98.2 Å². The zero-order valence-electron chi connectivity index (χ0n) is 9.57. The molecule has 0 saturated carbocycles. The van der Waals surface area contributed by atoms with Crippen molar-refractivity contribution in [3.05, 3.63) is 35.1 Å². The molecule has 3 N–H and O–H groups in total. The van der Waals surface area contributed by atoms with Crippen LogP contribution in [0.3, 0.4) is 0 Å². The van der Waals surface area contributed by atoms with Gasteiger partial charge < -0.3 is 11.2 Å². The van der Waals surface area contributed by atoms with Gasteiger partial charge in [0, 0.05) is 7.05 Å². The van der Waals surface area contributed by atoms with E-state index in [4.69, 9.17) is 5.84 Å². The Balaban J connectivity index is 2.98. The first-order valence-electron chi connectivity index (χ1n) is 4.86. The summed E-state index contributed by atoms with van der Waals surface area (Å²) < 4.78 is 13.5. The highest BCUT2D eigenvalue weighted by molar-refractivity contribution is 6.33. The molecule has 0 saturated heterocycles. The SMILES string of the molecule is CN=C/C(=N\N)NC(=O)c1c(C)cccc1F. The van der Waals surface area contributed by atoms with Crippen LogP contribution in [0.2, 0.25) is 0 Å². The summed E-state index contributed by atoms with van der Waals surface area (Å²) in [5.74, 6) is 3.92. The van der Waals surface area contributed by atoms with Crippen LogP contribution in [0.5, 0.6) is 0 Å². The van der Waals surface area contributed by atoms with Crippen LogP contribution in [0.4, 0.5) is 4.39 Å². The number of nitrogens with two attached hydrogens (primary N) is 1. The third kappa shape index (κ3) is 3.10. The van der Waals surface area contributed by atoms with Crippen molar-refractivity contribution in [1.82, 2.24) is 5.32 Å². The number of aliphatic imine (C=N–C) groups is 1. The Morgan fingerprint density at radius 1 is 1.53 bits per heavy atom. The average molecular weight is 236 g/mol. The molecule has 0 fully saturated rings. The Bertz CT molecular complexity index is 462. The molecule has 1 rings (SSSR count). The fraction of sp³-hybridized carbons (Fsp3) is 0.182. The van der Waals surface area contributed by atoms with Crippen LogP contribution < -0.4 is 11.2 Å². The number of carbonyl (C=O) groups is 1. The van der Waals surface area contributed by atoms with E-state index in [-0.39, 0.29) is 11.4 Å². The quantitative estimate of drug-likeness (QED) is 0.345. The summed E-state index contributed by atoms with van der Waals surface area (Å²) in [6, 6.07) is 4.40. The van der Waals surface area contributed by atoms with Crippen molar-refractivity contribution in [2.45, 2.75) is 6.92 Å². The maximum atomic E-state index is 13.5. The highest BCUT2D eigenvalue weighted by Crippen LogP contribution is 2.12. The molecule has 0 aromatic heterocycles. The van der Waals surface area contributed by atoms with Gasteiger partial charge in [0.05, 0.1) is 11.8 Å². The molecule has 90 valence electrons. The number of aryl methyl sites for hydroxylation is 1. The van der Waals surface area contributed by atoms with E-state index in [0.29, 0.717) is 5.56 Å². The summed E-state index contributed by atoms with van der Waals surface area (Å²) in [6.07, 6.45) is 1.27. The molecule has 0 unspecified atom stereocenters. The number of halogens is 1. The summed E-state index contributed by atoms with van der Waals surface area (Å²) in [5.41, 5.74) is 0.505. The molecule has 1 amide bonds. The van der Waals surface area contributed by atoms with Crippen LogP contribution in [0, 0.1) is 12.7 Å². The van der Waals surface area contributed by atoms with Gasteiger partial charge in [-0.25, -0.2) is 4.39 Å². The van der Waals surface area contributed by atoms with Crippen LogP contribution in [0.25, 0.3) is 0 Å². The summed E-state index contributed by atoms with van der Waals surface area (Å²) >= 11 is 0. The fourth-order valence-electron chi connectivity index (χ4n) is 1.32. The Kier molecular flexibility index (Phi) is 4.33. The molecule has 0 aliphatic carbocycles. The lowest BCUT2D eigenvalue weighted by molar-refractivity contribution is 0.0973. The second-order valence-electron chi connectivity index (χ2n) is 3.29. The standard InChI is InChI=1S/C11H13FN4O/c1-7-4-3-5-8(12)10(7)11(17)15-9(16-13)6-14-2/h3-6H,13H2,1-2H3,(H,15,16,17). The first kappa shape index (κ1) is 12.8. The normalized spacial score (nSPS) is 11.8. The predicted octanol–water partition coefficient (Wildman–Crippen LogP) is 0.837. The predicted molar refractivity (Wildman–Crippen MR) is 64.6 cm³/mol. The van der Waals surface area contributed by atoms with Gasteiger partial charge in [-0.2, -0.15) is 5.10 Å². The largest absolute Gasteiger partial charge is 0.321 e. The minimum atomic E-state index is -0.607. The van der Waals surface area contributed by atoms with Crippen LogP contribution in [-0.2, 0) is 0 Å². The second-order valence-corrected chi connectivity index (χ2v) is 3.29. The molecule has 1 aromatic rings. The van der Waals surface area contributed by atoms with Crippen molar-refractivity contribution in [2.24, 2.45) is 15.9 Å². The highest BCUT2D eigenvalue weighted by Gasteiger charge is 2.15. The van der Waals surface area contributed by atoms with Gasteiger partial charge in [0.15, 0.2) is 5.84 Å². The number of rotatable bonds is 2. The average Bonchev–Trinajstić information content (AvgIpc) is 2.28. The molecule has 1 aromatic carbocycles. The zero-order chi connectivity index (χ0) is 12.8. The van der Waals surface area contributed by atoms with Crippen molar-refractivity contribution >= 4 is 18.0 Å². The van der Waals surface area contributed by atoms with Crippen molar-refractivity contribution in [3.63, 3.8) is 0 Å². The monoisotopic (exact) mass is 236 g/mol. The van der Waals surface area contributed by atoms with Gasteiger partial charge in [-0.05, 0) is 18.6 Å². The molecule has 0 bridgehead atoms. The topological polar surface area (TPSA) is 79.8 Å². The van der Waals surface area contributed by atoms with E-state index in [1.165, 1.54) is 25.4 Å². The number of amides is 1. The molecule has 17 heavy (non-hydrogen) atoms. The van der Waals surface area contributed by atoms with E-state index in [2.05, 4.69) is 15.4 Å². The Hall–Kier alpha value is -2.24. The first-order valence-corrected chi connectivity index (χ1v) is 4.86. The fourth-order valence-corrected chi connectivity index (χ4v) is 1.32. The van der Waals surface area contributed by atoms with Gasteiger partial charge in [0.1, 0.15) is 5.82 Å². The van der Waals surface area contributed by atoms with Crippen LogP contribution in [0.1, 0.15) is 15.9 Å². The molecule has 0 radical (unpaired) electrons. The summed E-state index contributed by atoms with van der Waals surface area (Å²) in [4.78, 5) is 15.4. The number of benzene rings is 1. The number of carbonyl (C=O) groups excluding carboxylic acids is 1. The molecule has 5 nitrogen and oxygen atoms in total. The lowest BCUT2D eigenvalue weighted by Crippen LogP contribution is -2.33. The van der Waals surface area contributed by atoms with Crippen molar-refractivity contribution in [1.29, 1.82) is 0 Å². The van der Waals surface area contributed by atoms with Gasteiger partial charge in [-0.15, -0.1) is 0 Å². The maximum Gasteiger partial charge on any atom is 0.260 e. The first-order chi connectivity index (χ1) is 8.10. The summed E-state index contributed by atoms with van der Waals surface area (Å²) in [5, 5.41) is 5.68. The third-order valence-electron chi connectivity index (χ3n) is 2.08. The summed E-state index contributed by atoms with van der Waals surface area (Å²) in [6.45, 7) is 1.64. The minimum Gasteiger partial charge on any atom is -0.321 e. The van der Waals surface area contributed by atoms with Crippen molar-refractivity contribution < 1.29 is 9.18 Å². The lowest BCUT2D eigenvalue weighted by Gasteiger charge is -2.07. The van der Waals surface area contributed by atoms with E-state index >= 15 is 0 Å². The second kappa shape index (κ2) is 5.74. The number of amidine groups is 1. The van der Waals surface area contributed by atoms with Gasteiger partial charge in [-0.3, -0.25) is 9.79 Å². The third-order valence-corrected chi connectivity index (χ3v) is 2.08. The number of hydrazone groups is 1. The number of nitrogens with zero attached hydrogens (tertiary/aromatic N) is 2. The molecular formula is C11H13FN4O. The van der Waals surface area contributed by atoms with E-state index in [1.54, 1.807) is 13.0 Å². The minimum absolute atomic E-state index is 0.0295. The molecular weight excluding hydrogens is 223 g/mol. The van der Waals surface area contributed by atoms with E-state index < -0.39 is 11.7 Å². The lowest BCUT2D eigenvalue weighted by atomic mass is 10.1. The van der Waals surface area contributed by atoms with Gasteiger partial charge in [0.2, 0.25) is 0 Å². The smallest absolute Gasteiger partial charge is 0.260 e. The molecule has 0 spiro atoms. The van der Waals surface area contributed by atoms with Gasteiger partial charge in [-0.1, -0.05) is 12.1 Å². The molecule has 0 heterocycles. The molecule has 0 atom stereocenters. The number of hydrogen-bond acceptors (Lipinski definition) is 4. The van der Waals surface area contributed by atoms with E-state index in [1.807, 2.05) is 0 Å². The van der Waals surface area contributed by atoms with Crippen LogP contribution >= 0.6 is 0 Å². The van der Waals surface area contributed by atoms with Crippen molar-refractivity contribution in [2.75, 3.05) is 7.05 Å². The summed E-state index contributed by atoms with van der Waals surface area (Å²) in [7, 11) is 1.51. The van der Waals surface area contributed by atoms with E-state index in [0.717, 1.165) is 0 Å². The highest BCUT2D eigenvalue weighted by atomic mass is 19.1. The van der Waals surface area contributed by atoms with E-state index in [9.17, 15) is 9.18 Å². The van der Waals surface area contributed by atoms with Crippen molar-refractivity contribution in [3.8, 4) is 0 Å². The van der Waals surface area contributed by atoms with Gasteiger partial charge >= 0.3 is 0 Å². The number of nitrogens with one attached hydrogen (secondary N) is 1. The Morgan fingerprint density at radius 3 is 2.76 bits per heavy atom. The number of hydrogen-bond donors (Lipinski definition) is 2. The zero-order valence-corrected chi connectivity index (χ0v) is 9.57. The van der Waals surface area contributed by atoms with Crippen LogP contribution in [0.15, 0.2) is 28.3 Å². The Morgan fingerprint density at radius 2 is 2.24 bits per heavy atom. The molecule has 6 heteroatoms. The molecule has 0 aliphatic heterocycles. The van der Waals surface area contributed by atoms with Gasteiger partial charge in [0.25, 0.3) is 5.91 Å². The molecule has 0 aliphatic rings.